The summed E-state index contributed by atoms with van der Waals surface area (Å²) in [6.07, 6.45) is 1.42. The van der Waals surface area contributed by atoms with E-state index in [0.29, 0.717) is 49.9 Å². The van der Waals surface area contributed by atoms with Crippen LogP contribution in [0, 0.1) is 11.3 Å². The van der Waals surface area contributed by atoms with E-state index in [1.165, 1.54) is 18.3 Å². The molecule has 0 aliphatic carbocycles. The fourth-order valence-corrected chi connectivity index (χ4v) is 5.85. The minimum Gasteiger partial charge on any atom is -0.444 e. The van der Waals surface area contributed by atoms with Gasteiger partial charge in [0, 0.05) is 50.7 Å². The molecule has 2 atom stereocenters. The molecular weight excluding hydrogens is 613 g/mol. The molecule has 5 rings (SSSR count). The first-order chi connectivity index (χ1) is 22.0. The van der Waals surface area contributed by atoms with Crippen molar-refractivity contribution in [1.82, 2.24) is 34.9 Å². The second kappa shape index (κ2) is 13.0. The number of halogens is 3. The Labute approximate surface area is 272 Å². The molecule has 3 amide bonds. The summed E-state index contributed by atoms with van der Waals surface area (Å²) in [5.41, 5.74) is -0.251. The van der Waals surface area contributed by atoms with E-state index in [0.717, 1.165) is 12.5 Å². The van der Waals surface area contributed by atoms with Gasteiger partial charge < -0.3 is 25.2 Å². The zero-order valence-corrected chi connectivity index (χ0v) is 27.7. The molecule has 0 spiro atoms. The molecule has 2 aliphatic rings. The lowest BCUT2D eigenvalue weighted by Gasteiger charge is -2.27. The third kappa shape index (κ3) is 8.52. The van der Waals surface area contributed by atoms with Gasteiger partial charge in [0.2, 0.25) is 5.95 Å². The third-order valence-electron chi connectivity index (χ3n) is 8.54. The molecule has 0 radical (unpaired) electrons. The van der Waals surface area contributed by atoms with Crippen LogP contribution in [0.5, 0.6) is 0 Å². The molecule has 14 heteroatoms. The van der Waals surface area contributed by atoms with Crippen LogP contribution >= 0.6 is 0 Å². The van der Waals surface area contributed by atoms with Crippen LogP contribution in [0.25, 0.3) is 11.3 Å². The van der Waals surface area contributed by atoms with E-state index >= 15 is 0 Å². The molecule has 2 N–H and O–H groups in total. The Hall–Kier alpha value is -4.36. The van der Waals surface area contributed by atoms with E-state index in [9.17, 15) is 22.8 Å². The number of hydrogen-bond donors (Lipinski definition) is 2. The second-order valence-electron chi connectivity index (χ2n) is 14.3. The van der Waals surface area contributed by atoms with Gasteiger partial charge in [0.05, 0.1) is 29.2 Å². The third-order valence-corrected chi connectivity index (χ3v) is 8.54. The van der Waals surface area contributed by atoms with Crippen LogP contribution in [0.3, 0.4) is 0 Å². The number of carbonyl (C=O) groups excluding carboxylic acids is 2. The summed E-state index contributed by atoms with van der Waals surface area (Å²) in [6, 6.07) is 5.12. The highest BCUT2D eigenvalue weighted by atomic mass is 19.4. The summed E-state index contributed by atoms with van der Waals surface area (Å²) in [5.74, 6) is 0.527. The topological polar surface area (TPSA) is 118 Å². The van der Waals surface area contributed by atoms with Crippen molar-refractivity contribution in [2.75, 3.05) is 31.5 Å². The van der Waals surface area contributed by atoms with E-state index in [-0.39, 0.29) is 47.2 Å². The SMILES string of the molecule is CC(C)(C)OC(=O)N1CC[C@H](n2cc(Nc3nccc(-c4ccc(CNC(=O)N5CC[C@@H](C(C)(C)C)C5)c(C(F)(F)F)c4)n3)cn2)C1. The van der Waals surface area contributed by atoms with Crippen molar-refractivity contribution in [2.24, 2.45) is 11.3 Å². The molecular formula is C33H43F3N8O3. The first kappa shape index (κ1) is 34.0. The number of aromatic nitrogens is 4. The van der Waals surface area contributed by atoms with Gasteiger partial charge in [-0.25, -0.2) is 19.6 Å². The monoisotopic (exact) mass is 656 g/mol. The number of amides is 3. The number of anilines is 2. The van der Waals surface area contributed by atoms with Crippen molar-refractivity contribution >= 4 is 23.8 Å². The zero-order valence-electron chi connectivity index (χ0n) is 27.7. The van der Waals surface area contributed by atoms with Crippen molar-refractivity contribution in [2.45, 2.75) is 78.7 Å². The van der Waals surface area contributed by atoms with Crippen LogP contribution in [-0.2, 0) is 17.5 Å². The van der Waals surface area contributed by atoms with Gasteiger partial charge in [0.25, 0.3) is 0 Å². The van der Waals surface area contributed by atoms with Crippen LogP contribution in [0.15, 0.2) is 42.9 Å². The quantitative estimate of drug-likeness (QED) is 0.298. The first-order valence-corrected chi connectivity index (χ1v) is 15.8. The molecule has 4 heterocycles. The van der Waals surface area contributed by atoms with E-state index < -0.39 is 17.3 Å². The smallest absolute Gasteiger partial charge is 0.416 e. The number of hydrogen-bond acceptors (Lipinski definition) is 7. The Kier molecular flexibility index (Phi) is 9.43. The number of rotatable bonds is 6. The minimum atomic E-state index is -4.64. The van der Waals surface area contributed by atoms with Gasteiger partial charge in [0.1, 0.15) is 5.60 Å². The maximum atomic E-state index is 14.2. The van der Waals surface area contributed by atoms with Gasteiger partial charge in [-0.3, -0.25) is 4.68 Å². The molecule has 0 saturated carbocycles. The summed E-state index contributed by atoms with van der Waals surface area (Å²) in [4.78, 5) is 37.2. The molecule has 11 nitrogen and oxygen atoms in total. The molecule has 3 aromatic rings. The van der Waals surface area contributed by atoms with E-state index in [2.05, 4.69) is 46.5 Å². The van der Waals surface area contributed by atoms with Crippen LogP contribution in [0.2, 0.25) is 0 Å². The highest BCUT2D eigenvalue weighted by molar-refractivity contribution is 5.74. The van der Waals surface area contributed by atoms with Crippen molar-refractivity contribution in [3.05, 3.63) is 54.0 Å². The number of ether oxygens (including phenoxy) is 1. The Morgan fingerprint density at radius 1 is 1.00 bits per heavy atom. The number of likely N-dealkylation sites (tertiary alicyclic amines) is 2. The summed E-state index contributed by atoms with van der Waals surface area (Å²) in [6.45, 7) is 13.8. The highest BCUT2D eigenvalue weighted by Gasteiger charge is 2.36. The Morgan fingerprint density at radius 2 is 1.74 bits per heavy atom. The standard InChI is InChI=1S/C33H43F3N8O3/c1-31(2,3)23-10-13-42(18-23)29(45)38-16-22-8-7-21(15-26(22)33(34,35)36)27-9-12-37-28(41-27)40-24-17-39-44(19-24)25-11-14-43(20-25)30(46)47-32(4,5)6/h7-9,12,15,17,19,23,25H,10-11,13-14,16,18,20H2,1-6H3,(H,38,45)(H,37,40,41)/t23-,25+/m1/s1. The molecule has 1 aromatic carbocycles. The molecule has 2 fully saturated rings. The molecule has 2 aromatic heterocycles. The number of nitrogens with one attached hydrogen (secondary N) is 2. The van der Waals surface area contributed by atoms with E-state index in [1.54, 1.807) is 32.9 Å². The Bertz CT molecular complexity index is 1590. The summed E-state index contributed by atoms with van der Waals surface area (Å²) >= 11 is 0. The summed E-state index contributed by atoms with van der Waals surface area (Å²) in [7, 11) is 0. The highest BCUT2D eigenvalue weighted by Crippen LogP contribution is 2.36. The molecule has 2 saturated heterocycles. The van der Waals surface area contributed by atoms with E-state index in [4.69, 9.17) is 4.74 Å². The number of urea groups is 1. The van der Waals surface area contributed by atoms with Crippen molar-refractivity contribution < 1.29 is 27.5 Å². The number of benzene rings is 1. The summed E-state index contributed by atoms with van der Waals surface area (Å²) < 4.78 is 49.8. The predicted octanol–water partition coefficient (Wildman–Crippen LogP) is 6.86. The molecule has 254 valence electrons. The van der Waals surface area contributed by atoms with E-state index in [1.807, 2.05) is 20.8 Å². The number of carbonyl (C=O) groups is 2. The average Bonchev–Trinajstić information content (AvgIpc) is 3.75. The average molecular weight is 657 g/mol. The number of alkyl halides is 3. The van der Waals surface area contributed by atoms with Gasteiger partial charge >= 0.3 is 18.3 Å². The van der Waals surface area contributed by atoms with Crippen molar-refractivity contribution in [3.8, 4) is 11.3 Å². The van der Waals surface area contributed by atoms with Crippen molar-refractivity contribution in [3.63, 3.8) is 0 Å². The second-order valence-corrected chi connectivity index (χ2v) is 14.3. The summed E-state index contributed by atoms with van der Waals surface area (Å²) in [5, 5.41) is 10.2. The molecule has 47 heavy (non-hydrogen) atoms. The normalized spacial score (nSPS) is 18.8. The lowest BCUT2D eigenvalue weighted by Crippen LogP contribution is -2.39. The lowest BCUT2D eigenvalue weighted by atomic mass is 9.80. The van der Waals surface area contributed by atoms with Crippen LogP contribution < -0.4 is 10.6 Å². The van der Waals surface area contributed by atoms with Gasteiger partial charge in [-0.2, -0.15) is 18.3 Å². The minimum absolute atomic E-state index is 0.0295. The van der Waals surface area contributed by atoms with Crippen LogP contribution in [0.4, 0.5) is 34.4 Å². The first-order valence-electron chi connectivity index (χ1n) is 15.8. The van der Waals surface area contributed by atoms with Gasteiger partial charge in [-0.05, 0) is 62.6 Å². The van der Waals surface area contributed by atoms with Crippen LogP contribution in [-0.4, -0.2) is 73.5 Å². The fraction of sp³-hybridized carbons (Fsp3) is 0.545. The van der Waals surface area contributed by atoms with Gasteiger partial charge in [-0.15, -0.1) is 0 Å². The largest absolute Gasteiger partial charge is 0.444 e. The lowest BCUT2D eigenvalue weighted by molar-refractivity contribution is -0.138. The van der Waals surface area contributed by atoms with Crippen LogP contribution in [0.1, 0.15) is 71.6 Å². The Morgan fingerprint density at radius 3 is 2.43 bits per heavy atom. The maximum absolute atomic E-state index is 14.2. The Balaban J connectivity index is 1.24. The molecule has 0 bridgehead atoms. The fourth-order valence-electron chi connectivity index (χ4n) is 5.85. The zero-order chi connectivity index (χ0) is 34.1. The van der Waals surface area contributed by atoms with Gasteiger partial charge in [-0.1, -0.05) is 32.9 Å². The van der Waals surface area contributed by atoms with Crippen molar-refractivity contribution in [1.29, 1.82) is 0 Å². The maximum Gasteiger partial charge on any atom is 0.416 e. The molecule has 2 aliphatic heterocycles. The molecule has 0 unspecified atom stereocenters. The number of nitrogens with zero attached hydrogens (tertiary/aromatic N) is 6. The predicted molar refractivity (Wildman–Crippen MR) is 171 cm³/mol. The van der Waals surface area contributed by atoms with Gasteiger partial charge in [0.15, 0.2) is 0 Å².